The molecule has 1 heterocycles. The second-order valence-electron chi connectivity index (χ2n) is 2.31. The Morgan fingerprint density at radius 1 is 1.42 bits per heavy atom. The van der Waals surface area contributed by atoms with Gasteiger partial charge in [-0.25, -0.2) is 0 Å². The molecule has 59 valence electrons. The summed E-state index contributed by atoms with van der Waals surface area (Å²) >= 11 is 0. The average Bonchev–Trinajstić information content (AvgIpc) is 2.47. The van der Waals surface area contributed by atoms with Crippen LogP contribution in [-0.2, 0) is 0 Å². The topological polar surface area (TPSA) is 56.3 Å². The number of fused-ring (bicyclic) bond motifs is 1. The first kappa shape index (κ1) is 6.84. The van der Waals surface area contributed by atoms with Crippen LogP contribution in [0.4, 0.5) is 5.69 Å². The van der Waals surface area contributed by atoms with Crippen molar-refractivity contribution in [2.45, 2.75) is 0 Å². The molecule has 0 fully saturated rings. The van der Waals surface area contributed by atoms with E-state index in [-0.39, 0.29) is 5.69 Å². The largest absolute Gasteiger partial charge is 0.445 e. The Hall–Kier alpha value is -1.84. The molecule has 0 amide bonds. The van der Waals surface area contributed by atoms with Crippen LogP contribution in [0.3, 0.4) is 0 Å². The second kappa shape index (κ2) is 2.34. The minimum absolute atomic E-state index is 0.106. The summed E-state index contributed by atoms with van der Waals surface area (Å²) in [7, 11) is 0. The highest BCUT2D eigenvalue weighted by Crippen LogP contribution is 2.25. The Balaban J connectivity index is 2.79. The van der Waals surface area contributed by atoms with E-state index in [0.717, 1.165) is 0 Å². The zero-order valence-electron chi connectivity index (χ0n) is 5.98. The van der Waals surface area contributed by atoms with Gasteiger partial charge in [-0.1, -0.05) is 12.1 Å². The standard InChI is InChI=1S/C8H4NO3/c10-9(11)7-5-12-8-4-2-1-3-6(7)8/h1-4H. The van der Waals surface area contributed by atoms with Gasteiger partial charge in [0.2, 0.25) is 0 Å². The lowest BCUT2D eigenvalue weighted by Crippen LogP contribution is -1.84. The first-order valence-electron chi connectivity index (χ1n) is 3.32. The summed E-state index contributed by atoms with van der Waals surface area (Å²) in [6.07, 6.45) is 2.24. The van der Waals surface area contributed by atoms with Crippen LogP contribution in [0.25, 0.3) is 11.0 Å². The highest BCUT2D eigenvalue weighted by molar-refractivity contribution is 5.86. The van der Waals surface area contributed by atoms with Crippen LogP contribution in [0.5, 0.6) is 0 Å². The maximum atomic E-state index is 10.4. The van der Waals surface area contributed by atoms with Crippen LogP contribution >= 0.6 is 0 Å². The van der Waals surface area contributed by atoms with E-state index in [1.807, 2.05) is 0 Å². The number of rotatable bonds is 1. The van der Waals surface area contributed by atoms with Gasteiger partial charge in [-0.2, -0.15) is 0 Å². The molecule has 1 aromatic carbocycles. The van der Waals surface area contributed by atoms with Crippen LogP contribution in [0, 0.1) is 16.4 Å². The van der Waals surface area contributed by atoms with E-state index in [4.69, 9.17) is 4.42 Å². The lowest BCUT2D eigenvalue weighted by molar-refractivity contribution is -0.383. The van der Waals surface area contributed by atoms with Crippen LogP contribution in [0.2, 0.25) is 0 Å². The third kappa shape index (κ3) is 0.852. The van der Waals surface area contributed by atoms with E-state index in [1.54, 1.807) is 24.3 Å². The molecule has 1 radical (unpaired) electrons. The number of furan rings is 1. The highest BCUT2D eigenvalue weighted by Gasteiger charge is 2.15. The Kier molecular flexibility index (Phi) is 1.33. The van der Waals surface area contributed by atoms with Gasteiger partial charge in [-0.3, -0.25) is 10.1 Å². The van der Waals surface area contributed by atoms with E-state index in [9.17, 15) is 10.1 Å². The van der Waals surface area contributed by atoms with Crippen molar-refractivity contribution < 1.29 is 9.34 Å². The maximum absolute atomic E-state index is 10.4. The lowest BCUT2D eigenvalue weighted by atomic mass is 10.2. The van der Waals surface area contributed by atoms with Crippen molar-refractivity contribution in [2.75, 3.05) is 0 Å². The van der Waals surface area contributed by atoms with Gasteiger partial charge in [0, 0.05) is 0 Å². The summed E-state index contributed by atoms with van der Waals surface area (Å²) in [5, 5.41) is 10.9. The third-order valence-electron chi connectivity index (χ3n) is 1.58. The molecule has 0 aliphatic carbocycles. The van der Waals surface area contributed by atoms with E-state index in [1.165, 1.54) is 0 Å². The number of nitrogens with zero attached hydrogens (tertiary/aromatic N) is 1. The van der Waals surface area contributed by atoms with Crippen molar-refractivity contribution in [1.82, 2.24) is 0 Å². The fraction of sp³-hybridized carbons (Fsp3) is 0. The van der Waals surface area contributed by atoms with E-state index in [2.05, 4.69) is 6.26 Å². The van der Waals surface area contributed by atoms with Crippen LogP contribution < -0.4 is 0 Å². The van der Waals surface area contributed by atoms with Gasteiger partial charge in [0.15, 0.2) is 0 Å². The predicted octanol–water partition coefficient (Wildman–Crippen LogP) is 2.14. The smallest absolute Gasteiger partial charge is 0.326 e. The molecule has 4 heteroatoms. The van der Waals surface area contributed by atoms with Gasteiger partial charge < -0.3 is 4.42 Å². The van der Waals surface area contributed by atoms with Crippen LogP contribution in [0.15, 0.2) is 28.7 Å². The van der Waals surface area contributed by atoms with Crippen molar-refractivity contribution in [2.24, 2.45) is 0 Å². The summed E-state index contributed by atoms with van der Waals surface area (Å²) in [4.78, 5) is 9.88. The number of para-hydroxylation sites is 1. The monoisotopic (exact) mass is 162 g/mol. The Morgan fingerprint density at radius 2 is 2.17 bits per heavy atom. The second-order valence-corrected chi connectivity index (χ2v) is 2.31. The first-order chi connectivity index (χ1) is 5.79. The molecule has 0 N–H and O–H groups in total. The molecule has 0 unspecified atom stereocenters. The zero-order valence-corrected chi connectivity index (χ0v) is 5.98. The normalized spacial score (nSPS) is 10.3. The molecule has 4 nitrogen and oxygen atoms in total. The van der Waals surface area contributed by atoms with Gasteiger partial charge in [0.25, 0.3) is 6.26 Å². The SMILES string of the molecule is O=[N+]([O-])c1[c]oc2ccccc12. The number of nitro groups is 1. The lowest BCUT2D eigenvalue weighted by Gasteiger charge is -1.84. The van der Waals surface area contributed by atoms with Crippen LogP contribution in [0.1, 0.15) is 0 Å². The van der Waals surface area contributed by atoms with Gasteiger partial charge in [0.1, 0.15) is 5.58 Å². The summed E-state index contributed by atoms with van der Waals surface area (Å²) < 4.78 is 4.84. The summed E-state index contributed by atoms with van der Waals surface area (Å²) in [6.45, 7) is 0. The molecule has 0 saturated carbocycles. The molecule has 0 aliphatic rings. The summed E-state index contributed by atoms with van der Waals surface area (Å²) in [5.41, 5.74) is 0.384. The molecule has 1 aromatic heterocycles. The molecule has 0 atom stereocenters. The van der Waals surface area contributed by atoms with E-state index >= 15 is 0 Å². The Morgan fingerprint density at radius 3 is 2.92 bits per heavy atom. The van der Waals surface area contributed by atoms with Gasteiger partial charge >= 0.3 is 5.69 Å². The number of benzene rings is 1. The van der Waals surface area contributed by atoms with Crippen molar-refractivity contribution in [3.63, 3.8) is 0 Å². The van der Waals surface area contributed by atoms with Crippen molar-refractivity contribution in [3.05, 3.63) is 40.6 Å². The van der Waals surface area contributed by atoms with Crippen molar-refractivity contribution in [1.29, 1.82) is 0 Å². The maximum Gasteiger partial charge on any atom is 0.326 e. The molecule has 0 spiro atoms. The van der Waals surface area contributed by atoms with Gasteiger partial charge in [-0.15, -0.1) is 0 Å². The Bertz CT molecular complexity index is 433. The fourth-order valence-corrected chi connectivity index (χ4v) is 1.05. The van der Waals surface area contributed by atoms with E-state index in [0.29, 0.717) is 11.0 Å². The summed E-state index contributed by atoms with van der Waals surface area (Å²) in [6, 6.07) is 6.77. The highest BCUT2D eigenvalue weighted by atomic mass is 16.6. The van der Waals surface area contributed by atoms with Gasteiger partial charge in [-0.05, 0) is 12.1 Å². The minimum Gasteiger partial charge on any atom is -0.445 e. The molecule has 0 bridgehead atoms. The Labute approximate surface area is 67.6 Å². The molecule has 0 aliphatic heterocycles. The molecule has 2 rings (SSSR count). The predicted molar refractivity (Wildman–Crippen MR) is 41.7 cm³/mol. The molecular weight excluding hydrogens is 158 g/mol. The number of hydrogen-bond donors (Lipinski definition) is 0. The third-order valence-corrected chi connectivity index (χ3v) is 1.58. The first-order valence-corrected chi connectivity index (χ1v) is 3.32. The molecular formula is C8H4NO3. The molecule has 0 saturated heterocycles. The quantitative estimate of drug-likeness (QED) is 0.476. The van der Waals surface area contributed by atoms with E-state index < -0.39 is 4.92 Å². The fourth-order valence-electron chi connectivity index (χ4n) is 1.05. The minimum atomic E-state index is -0.508. The van der Waals surface area contributed by atoms with Crippen molar-refractivity contribution in [3.8, 4) is 0 Å². The van der Waals surface area contributed by atoms with Crippen LogP contribution in [-0.4, -0.2) is 4.92 Å². The zero-order chi connectivity index (χ0) is 8.55. The average molecular weight is 162 g/mol. The molecule has 2 aromatic rings. The summed E-state index contributed by atoms with van der Waals surface area (Å²) in [5.74, 6) is 0. The molecule has 12 heavy (non-hydrogen) atoms. The number of hydrogen-bond acceptors (Lipinski definition) is 3. The van der Waals surface area contributed by atoms with Crippen molar-refractivity contribution >= 4 is 16.7 Å². The van der Waals surface area contributed by atoms with Gasteiger partial charge in [0.05, 0.1) is 10.3 Å².